The molecule has 48 heavy (non-hydrogen) atoms. The van der Waals surface area contributed by atoms with Crippen LogP contribution in [0.1, 0.15) is 41.7 Å². The maximum Gasteiger partial charge on any atom is 2.00 e. The molecule has 258 valence electrons. The Balaban J connectivity index is 0. The van der Waals surface area contributed by atoms with Gasteiger partial charge in [-0.3, -0.25) is 0 Å². The molecule has 0 spiro atoms. The molecule has 5 rings (SSSR count). The molecular formula is C37H38Cl4N4OPd2+2. The Morgan fingerprint density at radius 2 is 0.875 bits per heavy atom. The van der Waals surface area contributed by atoms with Gasteiger partial charge < -0.3 is 54.7 Å². The van der Waals surface area contributed by atoms with Gasteiger partial charge in [0.15, 0.2) is 0 Å². The van der Waals surface area contributed by atoms with Gasteiger partial charge in [0.2, 0.25) is 0 Å². The summed E-state index contributed by atoms with van der Waals surface area (Å²) in [5.41, 5.74) is 12.1. The molecular weight excluding hydrogens is 871 g/mol. The van der Waals surface area contributed by atoms with Crippen LogP contribution < -0.4 is 58.8 Å². The second kappa shape index (κ2) is 20.9. The quantitative estimate of drug-likeness (QED) is 0.112. The fourth-order valence-electron chi connectivity index (χ4n) is 6.03. The summed E-state index contributed by atoms with van der Waals surface area (Å²) in [6.45, 7) is 14.7. The molecule has 2 aromatic heterocycles. The van der Waals surface area contributed by atoms with E-state index in [0.29, 0.717) is 0 Å². The van der Waals surface area contributed by atoms with Gasteiger partial charge in [0, 0.05) is 12.1 Å². The number of aromatic nitrogens is 2. The van der Waals surface area contributed by atoms with Crippen LogP contribution in [0.25, 0.3) is 22.3 Å². The normalized spacial score (nSPS) is 10.6. The van der Waals surface area contributed by atoms with Crippen molar-refractivity contribution in [3.63, 3.8) is 0 Å². The fourth-order valence-corrected chi connectivity index (χ4v) is 6.03. The number of benzene rings is 3. The minimum atomic E-state index is 0. The monoisotopic (exact) mass is 906 g/mol. The van der Waals surface area contributed by atoms with Crippen LogP contribution in [-0.2, 0) is 40.8 Å². The first kappa shape index (κ1) is 47.7. The van der Waals surface area contributed by atoms with Crippen molar-refractivity contribution in [2.24, 2.45) is 0 Å². The number of hydrogen-bond acceptors (Lipinski definition) is 3. The summed E-state index contributed by atoms with van der Waals surface area (Å²) in [7, 11) is 0. The third-order valence-corrected chi connectivity index (χ3v) is 7.79. The van der Waals surface area contributed by atoms with Crippen LogP contribution in [0.15, 0.2) is 85.2 Å². The fraction of sp³-hybridized carbons (Fsp3) is 0.189. The Morgan fingerprint density at radius 1 is 0.542 bits per heavy atom. The maximum absolute atomic E-state index is 10.9. The zero-order valence-corrected chi connectivity index (χ0v) is 33.8. The minimum absolute atomic E-state index is 0. The van der Waals surface area contributed by atoms with E-state index in [0.717, 1.165) is 73.1 Å². The SMILES string of the molecule is CC=[N+](c1ccccn1)c1c(C)cc(-c2cc(O)cc(-c3cc(C)c([N+](=CC)c4ccccn4)c(C)c3)c2C)cc1C.[Cl-].[Cl-].[Cl-].[Cl-].[Pd+2].[Pd+2]. The van der Waals surface area contributed by atoms with Crippen LogP contribution in [0.5, 0.6) is 5.75 Å². The molecule has 1 N–H and O–H groups in total. The summed E-state index contributed by atoms with van der Waals surface area (Å²) in [5, 5.41) is 10.9. The summed E-state index contributed by atoms with van der Waals surface area (Å²) in [5.74, 6) is 2.01. The average Bonchev–Trinajstić information content (AvgIpc) is 2.98. The van der Waals surface area contributed by atoms with Gasteiger partial charge >= 0.3 is 52.5 Å². The van der Waals surface area contributed by atoms with Gasteiger partial charge in [-0.25, -0.2) is 9.15 Å². The molecule has 5 nitrogen and oxygen atoms in total. The molecule has 0 bridgehead atoms. The van der Waals surface area contributed by atoms with Crippen molar-refractivity contribution in [2.75, 3.05) is 0 Å². The summed E-state index contributed by atoms with van der Waals surface area (Å²) in [6.07, 6.45) is 7.73. The summed E-state index contributed by atoms with van der Waals surface area (Å²) >= 11 is 0. The summed E-state index contributed by atoms with van der Waals surface area (Å²) in [4.78, 5) is 9.13. The van der Waals surface area contributed by atoms with Gasteiger partial charge in [-0.15, -0.1) is 0 Å². The van der Waals surface area contributed by atoms with E-state index in [9.17, 15) is 5.11 Å². The second-order valence-electron chi connectivity index (χ2n) is 10.7. The van der Waals surface area contributed by atoms with E-state index in [1.165, 1.54) is 0 Å². The van der Waals surface area contributed by atoms with Crippen molar-refractivity contribution in [3.8, 4) is 28.0 Å². The molecule has 0 amide bonds. The molecule has 0 fully saturated rings. The zero-order chi connectivity index (χ0) is 30.0. The predicted molar refractivity (Wildman–Crippen MR) is 178 cm³/mol. The van der Waals surface area contributed by atoms with Gasteiger partial charge in [0.25, 0.3) is 0 Å². The number of phenolic OH excluding ortho intramolecular Hbond substituents is 1. The van der Waals surface area contributed by atoms with Crippen molar-refractivity contribution in [1.29, 1.82) is 0 Å². The number of halogens is 4. The van der Waals surface area contributed by atoms with Gasteiger partial charge in [-0.1, -0.05) is 12.1 Å². The number of aryl methyl sites for hydroxylation is 4. The first-order valence-corrected chi connectivity index (χ1v) is 14.3. The molecule has 0 radical (unpaired) electrons. The van der Waals surface area contributed by atoms with Gasteiger partial charge in [0.05, 0.1) is 12.4 Å². The van der Waals surface area contributed by atoms with Crippen molar-refractivity contribution in [1.82, 2.24) is 19.1 Å². The van der Waals surface area contributed by atoms with E-state index >= 15 is 0 Å². The maximum atomic E-state index is 10.9. The van der Waals surface area contributed by atoms with Gasteiger partial charge in [-0.05, 0) is 157 Å². The standard InChI is InChI=1S/C37H37N4O.4ClH.2Pd/c1-8-40(34-14-10-12-16-38-34)36-24(3)18-29(19-25(36)4)32-22-31(42)23-33(28(32)7)30-20-26(5)37(27(6)21-30)41(9-2)35-15-11-13-17-39-35;;;;;;/h8-23H,1-7H3;4*1H;;/q+1;;;;;2*+2/p-3. The molecule has 0 unspecified atom stereocenters. The van der Waals surface area contributed by atoms with E-state index in [4.69, 9.17) is 0 Å². The van der Waals surface area contributed by atoms with Crippen LogP contribution in [0, 0.1) is 34.6 Å². The molecule has 0 atom stereocenters. The second-order valence-corrected chi connectivity index (χ2v) is 10.7. The van der Waals surface area contributed by atoms with E-state index in [-0.39, 0.29) is 96.2 Å². The van der Waals surface area contributed by atoms with Gasteiger partial charge in [0.1, 0.15) is 29.5 Å². The minimum Gasteiger partial charge on any atom is -1.00 e. The number of phenols is 1. The van der Waals surface area contributed by atoms with Crippen molar-refractivity contribution < 1.29 is 95.6 Å². The topological polar surface area (TPSA) is 52.0 Å². The molecule has 3 aromatic carbocycles. The molecule has 2 heterocycles. The number of aromatic hydroxyl groups is 1. The third kappa shape index (κ3) is 9.85. The Morgan fingerprint density at radius 3 is 1.15 bits per heavy atom. The van der Waals surface area contributed by atoms with Crippen LogP contribution in [-0.4, -0.2) is 27.5 Å². The van der Waals surface area contributed by atoms with E-state index in [1.54, 1.807) is 0 Å². The smallest absolute Gasteiger partial charge is 1.00 e. The number of hydrogen-bond donors (Lipinski definition) is 1. The molecule has 0 aliphatic carbocycles. The first-order valence-electron chi connectivity index (χ1n) is 14.3. The van der Waals surface area contributed by atoms with Crippen molar-refractivity contribution in [3.05, 3.63) is 113 Å². The molecule has 5 aromatic rings. The van der Waals surface area contributed by atoms with Gasteiger partial charge in [-0.2, -0.15) is 0 Å². The summed E-state index contributed by atoms with van der Waals surface area (Å²) < 4.78 is 4.26. The number of rotatable bonds is 6. The van der Waals surface area contributed by atoms with Crippen LogP contribution >= 0.6 is 0 Å². The Kier molecular flexibility index (Phi) is 20.8. The molecule has 0 saturated heterocycles. The Labute approximate surface area is 337 Å². The molecule has 0 aliphatic heterocycles. The predicted octanol–water partition coefficient (Wildman–Crippen LogP) is -3.08. The van der Waals surface area contributed by atoms with E-state index < -0.39 is 0 Å². The van der Waals surface area contributed by atoms with Crippen LogP contribution in [0.2, 0.25) is 0 Å². The largest absolute Gasteiger partial charge is 2.00 e. The molecule has 0 saturated carbocycles. The average molecular weight is 909 g/mol. The van der Waals surface area contributed by atoms with Crippen LogP contribution in [0.3, 0.4) is 0 Å². The zero-order valence-electron chi connectivity index (χ0n) is 27.6. The Bertz CT molecular complexity index is 1690. The van der Waals surface area contributed by atoms with Crippen molar-refractivity contribution >= 4 is 35.4 Å². The molecule has 11 heteroatoms. The number of pyridine rings is 2. The van der Waals surface area contributed by atoms with E-state index in [1.807, 2.05) is 74.8 Å². The van der Waals surface area contributed by atoms with Crippen LogP contribution in [0.4, 0.5) is 23.0 Å². The Hall–Kier alpha value is -2.42. The third-order valence-electron chi connectivity index (χ3n) is 7.79. The summed E-state index contributed by atoms with van der Waals surface area (Å²) in [6, 6.07) is 24.5. The van der Waals surface area contributed by atoms with Crippen molar-refractivity contribution in [2.45, 2.75) is 48.5 Å². The first-order chi connectivity index (χ1) is 20.2. The molecule has 0 aliphatic rings. The number of nitrogens with zero attached hydrogens (tertiary/aromatic N) is 4. The van der Waals surface area contributed by atoms with E-state index in [2.05, 4.69) is 90.4 Å².